The maximum atomic E-state index is 11.4. The molecule has 0 spiro atoms. The zero-order chi connectivity index (χ0) is 10.7. The summed E-state index contributed by atoms with van der Waals surface area (Å²) in [5.41, 5.74) is 0.730. The fourth-order valence-corrected chi connectivity index (χ4v) is 4.15. The molecule has 0 aliphatic rings. The molecule has 4 nitrogen and oxygen atoms in total. The van der Waals surface area contributed by atoms with Gasteiger partial charge in [0.2, 0.25) is 0 Å². The molecular weight excluding hydrogens is 305 g/mol. The molecule has 0 saturated carbocycles. The molecule has 2 rings (SSSR count). The van der Waals surface area contributed by atoms with Gasteiger partial charge in [-0.05, 0) is 0 Å². The van der Waals surface area contributed by atoms with E-state index in [1.807, 2.05) is 6.20 Å². The van der Waals surface area contributed by atoms with Crippen LogP contribution in [0.4, 0.5) is 0 Å². The predicted molar refractivity (Wildman–Crippen MR) is 54.3 cm³/mol. The van der Waals surface area contributed by atoms with Crippen molar-refractivity contribution in [2.75, 3.05) is 4.43 Å². The predicted octanol–water partition coefficient (Wildman–Crippen LogP) is -1.92. The third-order valence-electron chi connectivity index (χ3n) is 2.12. The average molecular weight is 318 g/mol. The molecule has 0 aliphatic heterocycles. The van der Waals surface area contributed by atoms with E-state index in [4.69, 9.17) is 0 Å². The van der Waals surface area contributed by atoms with E-state index in [-0.39, 0.29) is 26.9 Å². The molecule has 0 unspecified atom stereocenters. The Morgan fingerprint density at radius 2 is 2.47 bits per heavy atom. The fraction of sp³-hybridized carbons (Fsp3) is 0.400. The molecule has 15 heavy (non-hydrogen) atoms. The SMILES string of the molecule is CCCC[I-]c1c[nH]c(=O)n2ccnc12. The first kappa shape index (κ1) is 10.7. The molecule has 0 aliphatic carbocycles. The van der Waals surface area contributed by atoms with E-state index in [0.717, 1.165) is 5.65 Å². The van der Waals surface area contributed by atoms with E-state index in [0.29, 0.717) is 0 Å². The molecule has 0 atom stereocenters. The Morgan fingerprint density at radius 1 is 1.60 bits per heavy atom. The van der Waals surface area contributed by atoms with E-state index in [9.17, 15) is 4.79 Å². The number of alkyl halides is 1. The number of H-pyrrole nitrogens is 1. The molecule has 0 fully saturated rings. The van der Waals surface area contributed by atoms with E-state index < -0.39 is 0 Å². The van der Waals surface area contributed by atoms with Crippen LogP contribution < -0.4 is 26.9 Å². The van der Waals surface area contributed by atoms with Gasteiger partial charge in [0.25, 0.3) is 0 Å². The average Bonchev–Trinajstić information content (AvgIpc) is 2.71. The molecule has 2 aromatic rings. The van der Waals surface area contributed by atoms with Crippen LogP contribution in [0.5, 0.6) is 0 Å². The maximum absolute atomic E-state index is 11.4. The van der Waals surface area contributed by atoms with Gasteiger partial charge < -0.3 is 0 Å². The first-order valence-corrected chi connectivity index (χ1v) is 7.57. The van der Waals surface area contributed by atoms with Gasteiger partial charge in [-0.25, -0.2) is 0 Å². The van der Waals surface area contributed by atoms with Gasteiger partial charge in [0.1, 0.15) is 0 Å². The number of fused-ring (bicyclic) bond motifs is 1. The van der Waals surface area contributed by atoms with Gasteiger partial charge in [0.15, 0.2) is 0 Å². The molecule has 0 radical (unpaired) electrons. The summed E-state index contributed by atoms with van der Waals surface area (Å²) < 4.78 is 4.07. The molecule has 82 valence electrons. The van der Waals surface area contributed by atoms with Crippen LogP contribution in [-0.4, -0.2) is 18.8 Å². The number of hydrogen-bond acceptors (Lipinski definition) is 2. The molecule has 0 amide bonds. The molecule has 0 saturated heterocycles. The van der Waals surface area contributed by atoms with Crippen molar-refractivity contribution in [2.45, 2.75) is 19.8 Å². The van der Waals surface area contributed by atoms with E-state index in [1.165, 1.54) is 20.8 Å². The van der Waals surface area contributed by atoms with Gasteiger partial charge in [0, 0.05) is 0 Å². The number of unbranched alkanes of at least 4 members (excludes halogenated alkanes) is 1. The second-order valence-corrected chi connectivity index (χ2v) is 6.24. The van der Waals surface area contributed by atoms with Gasteiger partial charge >= 0.3 is 98.1 Å². The van der Waals surface area contributed by atoms with Crippen LogP contribution >= 0.6 is 0 Å². The van der Waals surface area contributed by atoms with Crippen molar-refractivity contribution in [1.82, 2.24) is 14.4 Å². The monoisotopic (exact) mass is 318 g/mol. The molecule has 2 heterocycles. The van der Waals surface area contributed by atoms with Gasteiger partial charge in [-0.2, -0.15) is 0 Å². The second kappa shape index (κ2) is 4.78. The van der Waals surface area contributed by atoms with Crippen molar-refractivity contribution in [3.8, 4) is 0 Å². The van der Waals surface area contributed by atoms with Crippen molar-refractivity contribution in [3.63, 3.8) is 0 Å². The van der Waals surface area contributed by atoms with Crippen molar-refractivity contribution in [2.24, 2.45) is 0 Å². The second-order valence-electron chi connectivity index (χ2n) is 3.24. The normalized spacial score (nSPS) is 11.3. The third kappa shape index (κ3) is 2.22. The molecule has 0 aromatic carbocycles. The number of imidazole rings is 1. The minimum atomic E-state index is -0.106. The minimum absolute atomic E-state index is 0.0220. The third-order valence-corrected chi connectivity index (χ3v) is 5.04. The summed E-state index contributed by atoms with van der Waals surface area (Å²) >= 11 is -0.0220. The van der Waals surface area contributed by atoms with Crippen molar-refractivity contribution in [3.05, 3.63) is 32.6 Å². The van der Waals surface area contributed by atoms with Crippen molar-refractivity contribution in [1.29, 1.82) is 0 Å². The fourth-order valence-electron chi connectivity index (χ4n) is 1.30. The summed E-state index contributed by atoms with van der Waals surface area (Å²) in [5.74, 6) is 0. The van der Waals surface area contributed by atoms with Crippen LogP contribution in [0.3, 0.4) is 0 Å². The standard InChI is InChI=1S/C10H13IN3O/c1-2-3-4-11-8-7-13-10(15)14-6-5-12-9(8)14/h5-7H,2-4H2,1H3,(H,13,15)/q-1. The van der Waals surface area contributed by atoms with E-state index in [2.05, 4.69) is 16.9 Å². The summed E-state index contributed by atoms with van der Waals surface area (Å²) in [4.78, 5) is 18.4. The number of aromatic amines is 1. The van der Waals surface area contributed by atoms with Crippen LogP contribution in [0, 0.1) is 3.57 Å². The number of aromatic nitrogens is 3. The number of halogens is 1. The van der Waals surface area contributed by atoms with E-state index in [1.54, 1.807) is 16.8 Å². The Bertz CT molecular complexity index is 503. The zero-order valence-electron chi connectivity index (χ0n) is 8.53. The van der Waals surface area contributed by atoms with Crippen molar-refractivity contribution < 1.29 is 21.2 Å². The quantitative estimate of drug-likeness (QED) is 0.406. The van der Waals surface area contributed by atoms with Gasteiger partial charge in [0.05, 0.1) is 0 Å². The summed E-state index contributed by atoms with van der Waals surface area (Å²) in [7, 11) is 0. The number of hydrogen-bond donors (Lipinski definition) is 1. The summed E-state index contributed by atoms with van der Waals surface area (Å²) in [6, 6.07) is 0. The molecular formula is C10H13IN3O-. The Balaban J connectivity index is 2.31. The Hall–Kier alpha value is -0.850. The zero-order valence-corrected chi connectivity index (χ0v) is 10.7. The number of rotatable bonds is 4. The topological polar surface area (TPSA) is 50.2 Å². The molecule has 5 heteroatoms. The number of nitrogens with zero attached hydrogens (tertiary/aromatic N) is 2. The van der Waals surface area contributed by atoms with Crippen LogP contribution in [0.1, 0.15) is 19.8 Å². The van der Waals surface area contributed by atoms with Crippen LogP contribution in [-0.2, 0) is 0 Å². The first-order valence-electron chi connectivity index (χ1n) is 4.97. The summed E-state index contributed by atoms with van der Waals surface area (Å²) in [6.45, 7) is 2.20. The molecule has 0 bridgehead atoms. The summed E-state index contributed by atoms with van der Waals surface area (Å²) in [6.07, 6.45) is 7.71. The van der Waals surface area contributed by atoms with E-state index >= 15 is 0 Å². The Labute approximate surface area is 98.0 Å². The van der Waals surface area contributed by atoms with Crippen molar-refractivity contribution >= 4 is 5.65 Å². The van der Waals surface area contributed by atoms with Gasteiger partial charge in [-0.3, -0.25) is 0 Å². The molecule has 2 aromatic heterocycles. The van der Waals surface area contributed by atoms with Gasteiger partial charge in [-0.15, -0.1) is 0 Å². The van der Waals surface area contributed by atoms with Crippen LogP contribution in [0.25, 0.3) is 5.65 Å². The molecule has 1 N–H and O–H groups in total. The Morgan fingerprint density at radius 3 is 3.27 bits per heavy atom. The Kier molecular flexibility index (Phi) is 3.40. The summed E-state index contributed by atoms with van der Waals surface area (Å²) in [5, 5.41) is 0. The van der Waals surface area contributed by atoms with Gasteiger partial charge in [-0.1, -0.05) is 0 Å². The van der Waals surface area contributed by atoms with Crippen LogP contribution in [0.15, 0.2) is 23.4 Å². The first-order chi connectivity index (χ1) is 7.33. The van der Waals surface area contributed by atoms with Crippen LogP contribution in [0.2, 0.25) is 0 Å². The number of nitrogens with one attached hydrogen (secondary N) is 1.